The SMILES string of the molecule is CN(Cc1ccccc1)C[C@@H](O)[C@@H](Cc1ccccc1)NC(=O)OC(C)(C)C. The van der Waals surface area contributed by atoms with Gasteiger partial charge in [0.1, 0.15) is 5.60 Å². The van der Waals surface area contributed by atoms with E-state index in [9.17, 15) is 9.90 Å². The average molecular weight is 385 g/mol. The van der Waals surface area contributed by atoms with Crippen molar-refractivity contribution in [2.75, 3.05) is 13.6 Å². The molecule has 0 aliphatic rings. The molecule has 0 heterocycles. The summed E-state index contributed by atoms with van der Waals surface area (Å²) >= 11 is 0. The average Bonchev–Trinajstić information content (AvgIpc) is 2.61. The first-order valence-electron chi connectivity index (χ1n) is 9.67. The van der Waals surface area contributed by atoms with Gasteiger partial charge in [0.15, 0.2) is 0 Å². The Balaban J connectivity index is 2.02. The zero-order valence-corrected chi connectivity index (χ0v) is 17.3. The highest BCUT2D eigenvalue weighted by atomic mass is 16.6. The van der Waals surface area contributed by atoms with Gasteiger partial charge in [-0.1, -0.05) is 60.7 Å². The van der Waals surface area contributed by atoms with E-state index in [-0.39, 0.29) is 0 Å². The smallest absolute Gasteiger partial charge is 0.407 e. The third-order valence-electron chi connectivity index (χ3n) is 4.26. The predicted octanol–water partition coefficient (Wildman–Crippen LogP) is 3.62. The van der Waals surface area contributed by atoms with Crippen molar-refractivity contribution in [1.29, 1.82) is 0 Å². The molecule has 0 unspecified atom stereocenters. The number of nitrogens with zero attached hydrogens (tertiary/aromatic N) is 1. The molecule has 2 rings (SSSR count). The van der Waals surface area contributed by atoms with Crippen molar-refractivity contribution in [3.05, 3.63) is 71.8 Å². The number of hydrogen-bond donors (Lipinski definition) is 2. The third kappa shape index (κ3) is 8.11. The molecule has 0 saturated heterocycles. The minimum atomic E-state index is -0.735. The van der Waals surface area contributed by atoms with Crippen molar-refractivity contribution >= 4 is 6.09 Å². The Bertz CT molecular complexity index is 714. The summed E-state index contributed by atoms with van der Waals surface area (Å²) in [7, 11) is 1.96. The van der Waals surface area contributed by atoms with Crippen LogP contribution in [-0.2, 0) is 17.7 Å². The van der Waals surface area contributed by atoms with E-state index in [4.69, 9.17) is 4.74 Å². The highest BCUT2D eigenvalue weighted by Gasteiger charge is 2.25. The lowest BCUT2D eigenvalue weighted by molar-refractivity contribution is 0.0376. The van der Waals surface area contributed by atoms with E-state index in [1.54, 1.807) is 0 Å². The van der Waals surface area contributed by atoms with Crippen molar-refractivity contribution in [1.82, 2.24) is 10.2 Å². The van der Waals surface area contributed by atoms with Gasteiger partial charge >= 0.3 is 6.09 Å². The first kappa shape index (κ1) is 21.9. The van der Waals surface area contributed by atoms with E-state index >= 15 is 0 Å². The van der Waals surface area contributed by atoms with Gasteiger partial charge in [0.05, 0.1) is 12.1 Å². The third-order valence-corrected chi connectivity index (χ3v) is 4.26. The molecule has 0 aromatic heterocycles. The molecule has 152 valence electrons. The first-order chi connectivity index (χ1) is 13.2. The van der Waals surface area contributed by atoms with Crippen molar-refractivity contribution in [2.24, 2.45) is 0 Å². The Labute approximate surface area is 168 Å². The number of rotatable bonds is 8. The summed E-state index contributed by atoms with van der Waals surface area (Å²) < 4.78 is 5.38. The number of alkyl carbamates (subject to hydrolysis) is 1. The van der Waals surface area contributed by atoms with Crippen molar-refractivity contribution in [2.45, 2.75) is 51.5 Å². The van der Waals surface area contributed by atoms with Gasteiger partial charge in [0, 0.05) is 13.1 Å². The Morgan fingerprint density at radius 3 is 2.11 bits per heavy atom. The number of ether oxygens (including phenoxy) is 1. The lowest BCUT2D eigenvalue weighted by Crippen LogP contribution is -2.50. The zero-order valence-electron chi connectivity index (χ0n) is 17.3. The van der Waals surface area contributed by atoms with E-state index in [0.29, 0.717) is 13.0 Å². The summed E-state index contributed by atoms with van der Waals surface area (Å²) in [5, 5.41) is 13.7. The summed E-state index contributed by atoms with van der Waals surface area (Å²) in [6.45, 7) is 6.62. The standard InChI is InChI=1S/C23H32N2O3/c1-23(2,3)28-22(27)24-20(15-18-11-7-5-8-12-18)21(26)17-25(4)16-19-13-9-6-10-14-19/h5-14,20-21,26H,15-17H2,1-4H3,(H,24,27)/t20-,21-/m1/s1. The van der Waals surface area contributed by atoms with E-state index in [1.807, 2.05) is 76.3 Å². The van der Waals surface area contributed by atoms with Crippen molar-refractivity contribution in [3.8, 4) is 0 Å². The minimum Gasteiger partial charge on any atom is -0.444 e. The molecule has 0 aliphatic heterocycles. The summed E-state index contributed by atoms with van der Waals surface area (Å²) in [4.78, 5) is 14.3. The van der Waals surface area contributed by atoms with Crippen LogP contribution >= 0.6 is 0 Å². The van der Waals surface area contributed by atoms with E-state index in [1.165, 1.54) is 5.56 Å². The summed E-state index contributed by atoms with van der Waals surface area (Å²) in [6, 6.07) is 19.5. The maximum absolute atomic E-state index is 12.3. The van der Waals surface area contributed by atoms with E-state index < -0.39 is 23.8 Å². The summed E-state index contributed by atoms with van der Waals surface area (Å²) in [5.41, 5.74) is 1.64. The fraction of sp³-hybridized carbons (Fsp3) is 0.435. The van der Waals surface area contributed by atoms with Crippen LogP contribution in [0.1, 0.15) is 31.9 Å². The number of aliphatic hydroxyl groups is 1. The second kappa shape index (κ2) is 10.2. The maximum atomic E-state index is 12.3. The van der Waals surface area contributed by atoms with Crippen LogP contribution in [0.15, 0.2) is 60.7 Å². The Kier molecular flexibility index (Phi) is 8.03. The van der Waals surface area contributed by atoms with Crippen LogP contribution in [0, 0.1) is 0 Å². The van der Waals surface area contributed by atoms with Gasteiger partial charge in [-0.3, -0.25) is 4.90 Å². The van der Waals surface area contributed by atoms with Crippen molar-refractivity contribution in [3.63, 3.8) is 0 Å². The molecule has 28 heavy (non-hydrogen) atoms. The Hall–Kier alpha value is -2.37. The normalized spacial score (nSPS) is 13.8. The maximum Gasteiger partial charge on any atom is 0.407 e. The topological polar surface area (TPSA) is 61.8 Å². The fourth-order valence-electron chi connectivity index (χ4n) is 3.02. The monoisotopic (exact) mass is 384 g/mol. The van der Waals surface area contributed by atoms with Gasteiger partial charge in [-0.05, 0) is 45.4 Å². The van der Waals surface area contributed by atoms with E-state index in [2.05, 4.69) is 22.3 Å². The number of benzene rings is 2. The Morgan fingerprint density at radius 1 is 1.04 bits per heavy atom. The molecule has 0 aliphatic carbocycles. The number of nitrogens with one attached hydrogen (secondary N) is 1. The number of likely N-dealkylation sites (N-methyl/N-ethyl adjacent to an activating group) is 1. The summed E-state index contributed by atoms with van der Waals surface area (Å²) in [6.07, 6.45) is -0.722. The van der Waals surface area contributed by atoms with Crippen LogP contribution in [0.25, 0.3) is 0 Å². The van der Waals surface area contributed by atoms with Gasteiger partial charge in [0.2, 0.25) is 0 Å². The number of aliphatic hydroxyl groups excluding tert-OH is 1. The highest BCUT2D eigenvalue weighted by molar-refractivity contribution is 5.68. The fourth-order valence-corrected chi connectivity index (χ4v) is 3.02. The molecule has 1 amide bonds. The molecule has 5 heteroatoms. The largest absolute Gasteiger partial charge is 0.444 e. The molecule has 2 aromatic rings. The van der Waals surface area contributed by atoms with Gasteiger partial charge in [-0.15, -0.1) is 0 Å². The van der Waals surface area contributed by atoms with Gasteiger partial charge in [-0.2, -0.15) is 0 Å². The number of carbonyl (C=O) groups excluding carboxylic acids is 1. The second-order valence-electron chi connectivity index (χ2n) is 8.19. The molecule has 2 atom stereocenters. The van der Waals surface area contributed by atoms with Crippen LogP contribution in [0.5, 0.6) is 0 Å². The van der Waals surface area contributed by atoms with Crippen LogP contribution in [0.4, 0.5) is 4.79 Å². The Morgan fingerprint density at radius 2 is 1.57 bits per heavy atom. The summed E-state index contributed by atoms with van der Waals surface area (Å²) in [5.74, 6) is 0. The lowest BCUT2D eigenvalue weighted by Gasteiger charge is -2.29. The van der Waals surface area contributed by atoms with Crippen LogP contribution in [-0.4, -0.2) is 47.4 Å². The van der Waals surface area contributed by atoms with Gasteiger partial charge < -0.3 is 15.2 Å². The minimum absolute atomic E-state index is 0.433. The van der Waals surface area contributed by atoms with Crippen LogP contribution in [0.3, 0.4) is 0 Å². The molecule has 5 nitrogen and oxygen atoms in total. The van der Waals surface area contributed by atoms with Crippen LogP contribution < -0.4 is 5.32 Å². The molecular weight excluding hydrogens is 352 g/mol. The quantitative estimate of drug-likeness (QED) is 0.730. The molecule has 0 saturated carbocycles. The molecule has 0 fully saturated rings. The zero-order chi connectivity index (χ0) is 20.6. The van der Waals surface area contributed by atoms with E-state index in [0.717, 1.165) is 12.1 Å². The highest BCUT2D eigenvalue weighted by Crippen LogP contribution is 2.12. The molecule has 2 N–H and O–H groups in total. The molecule has 0 radical (unpaired) electrons. The molecule has 0 spiro atoms. The molecule has 2 aromatic carbocycles. The first-order valence-corrected chi connectivity index (χ1v) is 9.67. The molecule has 0 bridgehead atoms. The number of amides is 1. The molecular formula is C23H32N2O3. The lowest BCUT2D eigenvalue weighted by atomic mass is 10.0. The predicted molar refractivity (Wildman–Crippen MR) is 112 cm³/mol. The van der Waals surface area contributed by atoms with Gasteiger partial charge in [0.25, 0.3) is 0 Å². The van der Waals surface area contributed by atoms with Crippen LogP contribution in [0.2, 0.25) is 0 Å². The number of carbonyl (C=O) groups is 1. The van der Waals surface area contributed by atoms with Crippen molar-refractivity contribution < 1.29 is 14.6 Å². The van der Waals surface area contributed by atoms with Gasteiger partial charge in [-0.25, -0.2) is 4.79 Å². The second-order valence-corrected chi connectivity index (χ2v) is 8.19. The number of hydrogen-bond acceptors (Lipinski definition) is 4.